The number of nitrogens with one attached hydrogen (secondary N) is 1. The minimum atomic E-state index is -0.335. The van der Waals surface area contributed by atoms with Crippen molar-refractivity contribution in [1.29, 1.82) is 0 Å². The zero-order valence-corrected chi connectivity index (χ0v) is 13.5. The largest absolute Gasteiger partial charge is 0.403 e. The van der Waals surface area contributed by atoms with Gasteiger partial charge in [0.2, 0.25) is 5.89 Å². The number of nitrogens with zero attached hydrogens (tertiary/aromatic N) is 2. The van der Waals surface area contributed by atoms with E-state index in [0.29, 0.717) is 15.1 Å². The van der Waals surface area contributed by atoms with Gasteiger partial charge >= 0.3 is 6.01 Å². The van der Waals surface area contributed by atoms with E-state index in [2.05, 4.69) is 31.4 Å². The van der Waals surface area contributed by atoms with Crippen LogP contribution in [0.25, 0.3) is 11.5 Å². The molecule has 0 aliphatic rings. The first-order valence-corrected chi connectivity index (χ1v) is 7.77. The van der Waals surface area contributed by atoms with E-state index in [4.69, 9.17) is 16.0 Å². The van der Waals surface area contributed by atoms with Gasteiger partial charge in [0.05, 0.1) is 9.21 Å². The molecule has 0 saturated carbocycles. The highest BCUT2D eigenvalue weighted by Gasteiger charge is 2.14. The summed E-state index contributed by atoms with van der Waals surface area (Å²) in [4.78, 5) is 12.4. The summed E-state index contributed by atoms with van der Waals surface area (Å²) in [6.07, 6.45) is 0. The Balaban J connectivity index is 1.76. The Hall–Kier alpha value is -1.70. The van der Waals surface area contributed by atoms with E-state index < -0.39 is 0 Å². The van der Waals surface area contributed by atoms with Crippen molar-refractivity contribution >= 4 is 50.8 Å². The lowest BCUT2D eigenvalue weighted by Crippen LogP contribution is -2.10. The molecule has 1 aromatic carbocycles. The quantitative estimate of drug-likeness (QED) is 0.723. The number of carbonyl (C=O) groups is 1. The fourth-order valence-corrected chi connectivity index (χ4v) is 2.78. The molecule has 21 heavy (non-hydrogen) atoms. The molecule has 5 nitrogen and oxygen atoms in total. The normalized spacial score (nSPS) is 10.6. The first-order chi connectivity index (χ1) is 10.1. The summed E-state index contributed by atoms with van der Waals surface area (Å²) in [5.41, 5.74) is 0.769. The molecular formula is C13H7BrClN3O2S. The van der Waals surface area contributed by atoms with Crippen LogP contribution in [0.4, 0.5) is 6.01 Å². The summed E-state index contributed by atoms with van der Waals surface area (Å²) in [7, 11) is 0. The molecular weight excluding hydrogens is 378 g/mol. The van der Waals surface area contributed by atoms with Crippen LogP contribution in [0.5, 0.6) is 0 Å². The number of hydrogen-bond acceptors (Lipinski definition) is 5. The van der Waals surface area contributed by atoms with Crippen molar-refractivity contribution in [3.05, 3.63) is 50.1 Å². The summed E-state index contributed by atoms with van der Waals surface area (Å²) in [5, 5.41) is 10.2. The van der Waals surface area contributed by atoms with Gasteiger partial charge in [-0.05, 0) is 36.4 Å². The van der Waals surface area contributed by atoms with E-state index in [1.165, 1.54) is 11.3 Å². The van der Waals surface area contributed by atoms with Crippen LogP contribution in [0.3, 0.4) is 0 Å². The van der Waals surface area contributed by atoms with Crippen molar-refractivity contribution in [3.63, 3.8) is 0 Å². The lowest BCUT2D eigenvalue weighted by molar-refractivity contribution is 0.102. The van der Waals surface area contributed by atoms with E-state index >= 15 is 0 Å². The van der Waals surface area contributed by atoms with Crippen molar-refractivity contribution in [2.75, 3.05) is 5.32 Å². The maximum atomic E-state index is 11.9. The fraction of sp³-hybridized carbons (Fsp3) is 0. The Morgan fingerprint density at radius 2 is 1.95 bits per heavy atom. The van der Waals surface area contributed by atoms with Gasteiger partial charge in [-0.1, -0.05) is 32.6 Å². The van der Waals surface area contributed by atoms with Crippen molar-refractivity contribution in [2.45, 2.75) is 0 Å². The van der Waals surface area contributed by atoms with Crippen molar-refractivity contribution in [1.82, 2.24) is 10.2 Å². The first kappa shape index (κ1) is 14.2. The van der Waals surface area contributed by atoms with Crippen LogP contribution in [0, 0.1) is 0 Å². The molecule has 1 amide bonds. The van der Waals surface area contributed by atoms with Crippen LogP contribution in [0.1, 0.15) is 9.67 Å². The average Bonchev–Trinajstić information content (AvgIpc) is 3.09. The lowest BCUT2D eigenvalue weighted by Gasteiger charge is -1.97. The molecule has 2 aromatic heterocycles. The number of thiophene rings is 1. The Kier molecular flexibility index (Phi) is 4.05. The third-order valence-corrected chi connectivity index (χ3v) is 4.29. The monoisotopic (exact) mass is 383 g/mol. The first-order valence-electron chi connectivity index (χ1n) is 5.78. The number of rotatable bonds is 3. The number of amides is 1. The molecule has 0 aliphatic heterocycles. The average molecular weight is 385 g/mol. The van der Waals surface area contributed by atoms with Crippen molar-refractivity contribution < 1.29 is 9.21 Å². The summed E-state index contributed by atoms with van der Waals surface area (Å²) < 4.78 is 6.91. The molecule has 0 bridgehead atoms. The smallest absolute Gasteiger partial charge is 0.322 e. The third kappa shape index (κ3) is 3.31. The molecule has 0 spiro atoms. The third-order valence-electron chi connectivity index (χ3n) is 2.53. The molecule has 1 N–H and O–H groups in total. The summed E-state index contributed by atoms with van der Waals surface area (Å²) in [6, 6.07) is 10.7. The zero-order chi connectivity index (χ0) is 14.8. The Morgan fingerprint density at radius 3 is 2.62 bits per heavy atom. The molecule has 0 atom stereocenters. The second kappa shape index (κ2) is 5.97. The lowest BCUT2D eigenvalue weighted by atomic mass is 10.2. The summed E-state index contributed by atoms with van der Waals surface area (Å²) in [5.74, 6) is -0.0000758. The predicted molar refractivity (Wildman–Crippen MR) is 84.7 cm³/mol. The van der Waals surface area contributed by atoms with Crippen LogP contribution < -0.4 is 5.32 Å². The predicted octanol–water partition coefficient (Wildman–Crippen LogP) is 4.47. The number of hydrogen-bond donors (Lipinski definition) is 1. The van der Waals surface area contributed by atoms with Gasteiger partial charge in [0, 0.05) is 10.0 Å². The maximum absolute atomic E-state index is 11.9. The van der Waals surface area contributed by atoms with Gasteiger partial charge in [0.25, 0.3) is 5.91 Å². The Morgan fingerprint density at radius 1 is 1.19 bits per heavy atom. The van der Waals surface area contributed by atoms with Crippen LogP contribution in [0.2, 0.25) is 4.34 Å². The van der Waals surface area contributed by atoms with Crippen LogP contribution in [-0.2, 0) is 0 Å². The number of halogens is 2. The minimum absolute atomic E-state index is 0.0439. The van der Waals surface area contributed by atoms with Gasteiger partial charge in [-0.25, -0.2) is 0 Å². The van der Waals surface area contributed by atoms with Crippen LogP contribution >= 0.6 is 38.9 Å². The van der Waals surface area contributed by atoms with Gasteiger partial charge < -0.3 is 4.42 Å². The summed E-state index contributed by atoms with van der Waals surface area (Å²) >= 11 is 10.3. The highest BCUT2D eigenvalue weighted by molar-refractivity contribution is 9.10. The molecule has 0 radical (unpaired) electrons. The van der Waals surface area contributed by atoms with E-state index in [0.717, 1.165) is 10.0 Å². The molecule has 3 rings (SSSR count). The standard InChI is InChI=1S/C13H7BrClN3O2S/c14-8-3-1-7(2-4-8)12-17-18-13(20-12)16-11(19)9-5-6-10(15)21-9/h1-6H,(H,16,18,19). The molecule has 8 heteroatoms. The van der Waals surface area contributed by atoms with E-state index in [1.807, 2.05) is 24.3 Å². The Bertz CT molecular complexity index is 785. The number of aromatic nitrogens is 2. The van der Waals surface area contributed by atoms with Crippen molar-refractivity contribution in [3.8, 4) is 11.5 Å². The molecule has 106 valence electrons. The van der Waals surface area contributed by atoms with Gasteiger partial charge in [-0.3, -0.25) is 10.1 Å². The van der Waals surface area contributed by atoms with E-state index in [9.17, 15) is 4.79 Å². The molecule has 0 fully saturated rings. The van der Waals surface area contributed by atoms with Gasteiger partial charge in [-0.15, -0.1) is 16.4 Å². The molecule has 0 aliphatic carbocycles. The SMILES string of the molecule is O=C(Nc1nnc(-c2ccc(Br)cc2)o1)c1ccc(Cl)s1. The molecule has 3 aromatic rings. The van der Waals surface area contributed by atoms with E-state index in [1.54, 1.807) is 12.1 Å². The number of carbonyl (C=O) groups excluding carboxylic acids is 1. The minimum Gasteiger partial charge on any atom is -0.403 e. The summed E-state index contributed by atoms with van der Waals surface area (Å²) in [6.45, 7) is 0. The Labute approximate surface area is 137 Å². The van der Waals surface area contributed by atoms with Crippen LogP contribution in [0.15, 0.2) is 45.3 Å². The van der Waals surface area contributed by atoms with Crippen LogP contribution in [-0.4, -0.2) is 16.1 Å². The molecule has 0 saturated heterocycles. The maximum Gasteiger partial charge on any atom is 0.322 e. The van der Waals surface area contributed by atoms with E-state index in [-0.39, 0.29) is 11.9 Å². The fourth-order valence-electron chi connectivity index (χ4n) is 1.58. The van der Waals surface area contributed by atoms with Crippen molar-refractivity contribution in [2.24, 2.45) is 0 Å². The second-order valence-corrected chi connectivity index (χ2v) is 6.61. The van der Waals surface area contributed by atoms with Gasteiger partial charge in [-0.2, -0.15) is 0 Å². The zero-order valence-electron chi connectivity index (χ0n) is 10.3. The highest BCUT2D eigenvalue weighted by atomic mass is 79.9. The number of benzene rings is 1. The molecule has 0 unspecified atom stereocenters. The molecule has 2 heterocycles. The van der Waals surface area contributed by atoms with Gasteiger partial charge in [0.1, 0.15) is 0 Å². The second-order valence-electron chi connectivity index (χ2n) is 3.98. The number of anilines is 1. The topological polar surface area (TPSA) is 68.0 Å². The van der Waals surface area contributed by atoms with Gasteiger partial charge in [0.15, 0.2) is 0 Å². The highest BCUT2D eigenvalue weighted by Crippen LogP contribution is 2.24.